The standard InChI is InChI=1S/C12H17N5S/c13-5-9-7-18-12(16-9)11(10-6-14-8-15-10)17-3-1-2-4-17/h6-8,11H,1-5,13H2,(H,14,15). The third-order valence-corrected chi connectivity index (χ3v) is 4.28. The molecular formula is C12H17N5S. The minimum Gasteiger partial charge on any atom is -0.347 e. The second-order valence-electron chi connectivity index (χ2n) is 4.53. The van der Waals surface area contributed by atoms with Crippen molar-refractivity contribution in [1.29, 1.82) is 0 Å². The van der Waals surface area contributed by atoms with Gasteiger partial charge >= 0.3 is 0 Å². The molecule has 0 spiro atoms. The number of rotatable bonds is 4. The maximum absolute atomic E-state index is 5.65. The third-order valence-electron chi connectivity index (χ3n) is 3.33. The Morgan fingerprint density at radius 1 is 1.44 bits per heavy atom. The molecule has 1 unspecified atom stereocenters. The van der Waals surface area contributed by atoms with E-state index in [2.05, 4.69) is 25.2 Å². The van der Waals surface area contributed by atoms with Crippen LogP contribution in [-0.2, 0) is 6.54 Å². The zero-order valence-electron chi connectivity index (χ0n) is 10.2. The summed E-state index contributed by atoms with van der Waals surface area (Å²) < 4.78 is 0. The van der Waals surface area contributed by atoms with Gasteiger partial charge in [0.25, 0.3) is 0 Å². The Morgan fingerprint density at radius 2 is 2.28 bits per heavy atom. The highest BCUT2D eigenvalue weighted by Crippen LogP contribution is 2.32. The molecule has 0 bridgehead atoms. The summed E-state index contributed by atoms with van der Waals surface area (Å²) in [6.45, 7) is 2.76. The van der Waals surface area contributed by atoms with Gasteiger partial charge in [-0.2, -0.15) is 0 Å². The largest absolute Gasteiger partial charge is 0.347 e. The first-order chi connectivity index (χ1) is 8.88. The summed E-state index contributed by atoms with van der Waals surface area (Å²) >= 11 is 1.69. The summed E-state index contributed by atoms with van der Waals surface area (Å²) in [4.78, 5) is 14.5. The number of nitrogens with two attached hydrogens (primary N) is 1. The van der Waals surface area contributed by atoms with Gasteiger partial charge in [0.05, 0.1) is 17.7 Å². The van der Waals surface area contributed by atoms with Gasteiger partial charge in [-0.1, -0.05) is 0 Å². The molecule has 3 rings (SSSR count). The highest BCUT2D eigenvalue weighted by atomic mass is 32.1. The van der Waals surface area contributed by atoms with E-state index in [0.29, 0.717) is 6.54 Å². The third kappa shape index (κ3) is 2.19. The van der Waals surface area contributed by atoms with Crippen molar-refractivity contribution < 1.29 is 0 Å². The molecule has 1 atom stereocenters. The lowest BCUT2D eigenvalue weighted by Crippen LogP contribution is -2.26. The lowest BCUT2D eigenvalue weighted by atomic mass is 10.2. The molecule has 0 amide bonds. The van der Waals surface area contributed by atoms with Crippen molar-refractivity contribution in [2.24, 2.45) is 5.73 Å². The topological polar surface area (TPSA) is 70.8 Å². The van der Waals surface area contributed by atoms with Crippen molar-refractivity contribution in [2.45, 2.75) is 25.4 Å². The Labute approximate surface area is 110 Å². The molecule has 0 radical (unpaired) electrons. The summed E-state index contributed by atoms with van der Waals surface area (Å²) in [7, 11) is 0. The molecule has 1 aliphatic rings. The van der Waals surface area contributed by atoms with Crippen molar-refractivity contribution in [3.8, 4) is 0 Å². The molecule has 6 heteroatoms. The highest BCUT2D eigenvalue weighted by molar-refractivity contribution is 7.09. The van der Waals surface area contributed by atoms with E-state index >= 15 is 0 Å². The van der Waals surface area contributed by atoms with Crippen molar-refractivity contribution in [3.05, 3.63) is 34.3 Å². The van der Waals surface area contributed by atoms with Crippen LogP contribution in [0.5, 0.6) is 0 Å². The fraction of sp³-hybridized carbons (Fsp3) is 0.500. The van der Waals surface area contributed by atoms with E-state index in [4.69, 9.17) is 5.73 Å². The van der Waals surface area contributed by atoms with Crippen LogP contribution in [0.25, 0.3) is 0 Å². The first-order valence-electron chi connectivity index (χ1n) is 6.25. The zero-order chi connectivity index (χ0) is 12.4. The molecule has 0 saturated carbocycles. The van der Waals surface area contributed by atoms with Crippen LogP contribution >= 0.6 is 11.3 Å². The number of nitrogens with zero attached hydrogens (tertiary/aromatic N) is 3. The van der Waals surface area contributed by atoms with Gasteiger partial charge in [-0.25, -0.2) is 9.97 Å². The average Bonchev–Trinajstić information content (AvgIpc) is 3.13. The quantitative estimate of drug-likeness (QED) is 0.877. The molecule has 3 N–H and O–H groups in total. The van der Waals surface area contributed by atoms with Gasteiger partial charge in [0.15, 0.2) is 0 Å². The second-order valence-corrected chi connectivity index (χ2v) is 5.42. The van der Waals surface area contributed by atoms with E-state index in [1.54, 1.807) is 17.7 Å². The minimum atomic E-state index is 0.209. The lowest BCUT2D eigenvalue weighted by Gasteiger charge is -2.24. The Hall–Kier alpha value is -1.24. The molecule has 1 fully saturated rings. The van der Waals surface area contributed by atoms with E-state index in [1.807, 2.05) is 6.20 Å². The predicted octanol–water partition coefficient (Wildman–Crippen LogP) is 1.51. The number of aromatic nitrogens is 3. The Bertz CT molecular complexity index is 486. The lowest BCUT2D eigenvalue weighted by molar-refractivity contribution is 0.276. The van der Waals surface area contributed by atoms with Crippen LogP contribution in [0.15, 0.2) is 17.9 Å². The van der Waals surface area contributed by atoms with Gasteiger partial charge < -0.3 is 10.7 Å². The number of hydrogen-bond donors (Lipinski definition) is 2. The smallest absolute Gasteiger partial charge is 0.116 e. The normalized spacial score (nSPS) is 18.3. The molecule has 18 heavy (non-hydrogen) atoms. The van der Waals surface area contributed by atoms with Crippen molar-refractivity contribution >= 4 is 11.3 Å². The van der Waals surface area contributed by atoms with E-state index in [-0.39, 0.29) is 6.04 Å². The van der Waals surface area contributed by atoms with E-state index in [1.165, 1.54) is 12.8 Å². The molecule has 96 valence electrons. The number of imidazole rings is 1. The number of thiazole rings is 1. The number of aromatic amines is 1. The molecule has 0 aliphatic carbocycles. The van der Waals surface area contributed by atoms with Crippen LogP contribution in [0.1, 0.15) is 35.3 Å². The molecule has 1 saturated heterocycles. The highest BCUT2D eigenvalue weighted by Gasteiger charge is 2.28. The minimum absolute atomic E-state index is 0.209. The molecule has 0 aromatic carbocycles. The Kier molecular flexibility index (Phi) is 3.40. The van der Waals surface area contributed by atoms with Crippen molar-refractivity contribution in [1.82, 2.24) is 19.9 Å². The monoisotopic (exact) mass is 263 g/mol. The maximum atomic E-state index is 5.65. The summed E-state index contributed by atoms with van der Waals surface area (Å²) in [5, 5.41) is 3.16. The van der Waals surface area contributed by atoms with Gasteiger partial charge in [-0.15, -0.1) is 11.3 Å². The summed E-state index contributed by atoms with van der Waals surface area (Å²) in [5.41, 5.74) is 7.74. The number of hydrogen-bond acceptors (Lipinski definition) is 5. The Balaban J connectivity index is 1.93. The van der Waals surface area contributed by atoms with E-state index in [0.717, 1.165) is 29.5 Å². The van der Waals surface area contributed by atoms with E-state index in [9.17, 15) is 0 Å². The maximum Gasteiger partial charge on any atom is 0.116 e. The van der Waals surface area contributed by atoms with Crippen LogP contribution in [0, 0.1) is 0 Å². The molecule has 5 nitrogen and oxygen atoms in total. The van der Waals surface area contributed by atoms with Crippen molar-refractivity contribution in [2.75, 3.05) is 13.1 Å². The van der Waals surface area contributed by atoms with Gasteiger partial charge in [0.2, 0.25) is 0 Å². The SMILES string of the molecule is NCc1csc(C(c2cnc[nH]2)N2CCCC2)n1. The van der Waals surface area contributed by atoms with Crippen LogP contribution in [0.3, 0.4) is 0 Å². The molecule has 3 heterocycles. The van der Waals surface area contributed by atoms with Crippen LogP contribution in [0.2, 0.25) is 0 Å². The summed E-state index contributed by atoms with van der Waals surface area (Å²) in [5.74, 6) is 0. The van der Waals surface area contributed by atoms with Gasteiger partial charge in [0.1, 0.15) is 11.0 Å². The number of likely N-dealkylation sites (tertiary alicyclic amines) is 1. The zero-order valence-corrected chi connectivity index (χ0v) is 11.0. The van der Waals surface area contributed by atoms with Crippen LogP contribution in [-0.4, -0.2) is 32.9 Å². The van der Waals surface area contributed by atoms with Crippen molar-refractivity contribution in [3.63, 3.8) is 0 Å². The summed E-state index contributed by atoms with van der Waals surface area (Å²) in [6, 6.07) is 0.209. The Morgan fingerprint density at radius 3 is 2.89 bits per heavy atom. The van der Waals surface area contributed by atoms with Gasteiger partial charge in [-0.3, -0.25) is 4.90 Å². The molecule has 2 aromatic rings. The first kappa shape index (κ1) is 11.8. The van der Waals surface area contributed by atoms with Gasteiger partial charge in [-0.05, 0) is 25.9 Å². The summed E-state index contributed by atoms with van der Waals surface area (Å²) in [6.07, 6.45) is 6.15. The molecule has 2 aromatic heterocycles. The van der Waals surface area contributed by atoms with Crippen LogP contribution in [0.4, 0.5) is 0 Å². The fourth-order valence-electron chi connectivity index (χ4n) is 2.44. The number of H-pyrrole nitrogens is 1. The van der Waals surface area contributed by atoms with Gasteiger partial charge in [0, 0.05) is 18.1 Å². The first-order valence-corrected chi connectivity index (χ1v) is 7.13. The second kappa shape index (κ2) is 5.17. The molecule has 1 aliphatic heterocycles. The molecular weight excluding hydrogens is 246 g/mol. The van der Waals surface area contributed by atoms with Crippen LogP contribution < -0.4 is 5.73 Å². The average molecular weight is 263 g/mol. The predicted molar refractivity (Wildman–Crippen MR) is 71.2 cm³/mol. The number of nitrogens with one attached hydrogen (secondary N) is 1. The fourth-order valence-corrected chi connectivity index (χ4v) is 3.42. The van der Waals surface area contributed by atoms with E-state index < -0.39 is 0 Å².